The molecule has 1 heteroatoms. The number of aliphatic hydroxyl groups is 1. The number of benzene rings is 3. The lowest BCUT2D eigenvalue weighted by Gasteiger charge is -2.14. The minimum atomic E-state index is -0.431. The maximum absolute atomic E-state index is 10.4. The molecule has 122 valence electrons. The summed E-state index contributed by atoms with van der Waals surface area (Å²) in [7, 11) is 0. The van der Waals surface area contributed by atoms with Crippen LogP contribution >= 0.6 is 0 Å². The van der Waals surface area contributed by atoms with Crippen LogP contribution in [0.15, 0.2) is 66.7 Å². The molecule has 24 heavy (non-hydrogen) atoms. The van der Waals surface area contributed by atoms with Gasteiger partial charge in [-0.2, -0.15) is 0 Å². The summed E-state index contributed by atoms with van der Waals surface area (Å²) in [5, 5.41) is 10.4. The van der Waals surface area contributed by atoms with Gasteiger partial charge in [0.25, 0.3) is 0 Å². The zero-order valence-corrected chi connectivity index (χ0v) is 14.6. The van der Waals surface area contributed by atoms with Gasteiger partial charge in [0.15, 0.2) is 0 Å². The van der Waals surface area contributed by atoms with E-state index in [0.29, 0.717) is 6.42 Å². The Morgan fingerprint density at radius 3 is 1.46 bits per heavy atom. The highest BCUT2D eigenvalue weighted by molar-refractivity contribution is 5.74. The molecule has 0 aliphatic carbocycles. The minimum Gasteiger partial charge on any atom is -0.388 e. The summed E-state index contributed by atoms with van der Waals surface area (Å²) in [6, 6.07) is 23.5. The Balaban J connectivity index is 2.13. The summed E-state index contributed by atoms with van der Waals surface area (Å²) < 4.78 is 0. The molecule has 0 fully saturated rings. The maximum atomic E-state index is 10.4. The number of aryl methyl sites for hydroxylation is 2. The number of rotatable bonds is 4. The van der Waals surface area contributed by atoms with Gasteiger partial charge in [-0.1, -0.05) is 66.6 Å². The summed E-state index contributed by atoms with van der Waals surface area (Å²) in [5.74, 6) is 0. The Labute approximate surface area is 144 Å². The lowest BCUT2D eigenvalue weighted by molar-refractivity contribution is 0.174. The smallest absolute Gasteiger partial charge is 0.0787 e. The molecule has 0 radical (unpaired) electrons. The van der Waals surface area contributed by atoms with Gasteiger partial charge in [0.05, 0.1) is 6.10 Å². The minimum absolute atomic E-state index is 0.431. The monoisotopic (exact) mass is 316 g/mol. The third-order valence-corrected chi connectivity index (χ3v) is 4.50. The molecule has 1 N–H and O–H groups in total. The zero-order valence-electron chi connectivity index (χ0n) is 14.6. The van der Waals surface area contributed by atoms with Crippen LogP contribution in [-0.4, -0.2) is 5.11 Å². The number of hydrogen-bond donors (Lipinski definition) is 1. The van der Waals surface area contributed by atoms with Crippen LogP contribution in [0, 0.1) is 13.8 Å². The molecule has 3 aromatic carbocycles. The second-order valence-corrected chi connectivity index (χ2v) is 6.50. The highest BCUT2D eigenvalue weighted by Gasteiger charge is 2.10. The van der Waals surface area contributed by atoms with Crippen molar-refractivity contribution >= 4 is 0 Å². The van der Waals surface area contributed by atoms with Crippen LogP contribution in [0.25, 0.3) is 22.3 Å². The summed E-state index contributed by atoms with van der Waals surface area (Å²) in [5.41, 5.74) is 8.14. The van der Waals surface area contributed by atoms with E-state index in [0.717, 1.165) is 16.7 Å². The first-order valence-electron chi connectivity index (χ1n) is 8.54. The van der Waals surface area contributed by atoms with Crippen LogP contribution in [0.1, 0.15) is 36.1 Å². The lowest BCUT2D eigenvalue weighted by Crippen LogP contribution is -1.96. The lowest BCUT2D eigenvalue weighted by atomic mass is 9.93. The van der Waals surface area contributed by atoms with E-state index >= 15 is 0 Å². The summed E-state index contributed by atoms with van der Waals surface area (Å²) in [6.45, 7) is 6.20. The molecule has 0 unspecified atom stereocenters. The fraction of sp³-hybridized carbons (Fsp3) is 0.217. The van der Waals surface area contributed by atoms with E-state index in [1.165, 1.54) is 22.3 Å². The van der Waals surface area contributed by atoms with Crippen LogP contribution in [0.3, 0.4) is 0 Å². The van der Waals surface area contributed by atoms with Gasteiger partial charge in [0, 0.05) is 0 Å². The molecule has 0 amide bonds. The molecule has 0 spiro atoms. The fourth-order valence-electron chi connectivity index (χ4n) is 2.91. The Hall–Kier alpha value is -2.38. The van der Waals surface area contributed by atoms with Crippen LogP contribution < -0.4 is 0 Å². The van der Waals surface area contributed by atoms with Gasteiger partial charge < -0.3 is 5.11 Å². The highest BCUT2D eigenvalue weighted by Crippen LogP contribution is 2.31. The van der Waals surface area contributed by atoms with Crippen LogP contribution in [0.2, 0.25) is 0 Å². The van der Waals surface area contributed by atoms with Crippen molar-refractivity contribution in [2.24, 2.45) is 0 Å². The maximum Gasteiger partial charge on any atom is 0.0787 e. The van der Waals surface area contributed by atoms with Crippen molar-refractivity contribution in [3.63, 3.8) is 0 Å². The zero-order chi connectivity index (χ0) is 17.1. The summed E-state index contributed by atoms with van der Waals surface area (Å²) in [4.78, 5) is 0. The molecule has 3 rings (SSSR count). The molecular weight excluding hydrogens is 292 g/mol. The van der Waals surface area contributed by atoms with Gasteiger partial charge in [-0.3, -0.25) is 0 Å². The van der Waals surface area contributed by atoms with Crippen LogP contribution in [-0.2, 0) is 0 Å². The van der Waals surface area contributed by atoms with E-state index in [-0.39, 0.29) is 0 Å². The molecular formula is C23H24O. The third-order valence-electron chi connectivity index (χ3n) is 4.50. The first-order chi connectivity index (χ1) is 11.6. The quantitative estimate of drug-likeness (QED) is 0.618. The van der Waals surface area contributed by atoms with Gasteiger partial charge in [-0.25, -0.2) is 0 Å². The summed E-state index contributed by atoms with van der Waals surface area (Å²) in [6.07, 6.45) is 0.282. The Morgan fingerprint density at radius 1 is 0.667 bits per heavy atom. The molecule has 1 nitrogen and oxygen atoms in total. The topological polar surface area (TPSA) is 20.2 Å². The van der Waals surface area contributed by atoms with Gasteiger partial charge >= 0.3 is 0 Å². The van der Waals surface area contributed by atoms with E-state index in [1.807, 2.05) is 6.92 Å². The first-order valence-corrected chi connectivity index (χ1v) is 8.54. The summed E-state index contributed by atoms with van der Waals surface area (Å²) >= 11 is 0. The van der Waals surface area contributed by atoms with Crippen LogP contribution in [0.5, 0.6) is 0 Å². The van der Waals surface area contributed by atoms with E-state index in [9.17, 15) is 5.11 Å². The third kappa shape index (κ3) is 3.58. The normalized spacial score (nSPS) is 12.2. The average Bonchev–Trinajstić information content (AvgIpc) is 2.62. The molecule has 0 aromatic heterocycles. The number of aliphatic hydroxyl groups excluding tert-OH is 1. The van der Waals surface area contributed by atoms with Crippen molar-refractivity contribution in [1.29, 1.82) is 0 Å². The van der Waals surface area contributed by atoms with Gasteiger partial charge in [-0.15, -0.1) is 0 Å². The molecule has 1 atom stereocenters. The Kier molecular flexibility index (Phi) is 4.82. The van der Waals surface area contributed by atoms with Crippen molar-refractivity contribution in [3.8, 4) is 22.3 Å². The standard InChI is InChI=1S/C23H24O/c1-4-23(24)22-14-20(18-9-5-16(2)6-10-18)13-21(15-22)19-11-7-17(3)8-12-19/h5-15,23-24H,4H2,1-3H3/t23-/m0/s1. The average molecular weight is 316 g/mol. The molecule has 0 aliphatic heterocycles. The van der Waals surface area contributed by atoms with E-state index in [1.54, 1.807) is 0 Å². The number of hydrogen-bond acceptors (Lipinski definition) is 1. The van der Waals surface area contributed by atoms with E-state index in [4.69, 9.17) is 0 Å². The van der Waals surface area contributed by atoms with Crippen molar-refractivity contribution in [1.82, 2.24) is 0 Å². The van der Waals surface area contributed by atoms with Crippen LogP contribution in [0.4, 0.5) is 0 Å². The Morgan fingerprint density at radius 2 is 1.08 bits per heavy atom. The molecule has 0 saturated carbocycles. The predicted molar refractivity (Wildman–Crippen MR) is 102 cm³/mol. The van der Waals surface area contributed by atoms with Crippen molar-refractivity contribution in [2.45, 2.75) is 33.3 Å². The SMILES string of the molecule is CC[C@H](O)c1cc(-c2ccc(C)cc2)cc(-c2ccc(C)cc2)c1. The molecule has 3 aromatic rings. The second kappa shape index (κ2) is 7.02. The van der Waals surface area contributed by atoms with E-state index in [2.05, 4.69) is 80.6 Å². The molecule has 0 saturated heterocycles. The molecule has 0 bridgehead atoms. The first kappa shape index (κ1) is 16.5. The predicted octanol–water partition coefficient (Wildman–Crippen LogP) is 6.08. The van der Waals surface area contributed by atoms with Gasteiger partial charge in [0.1, 0.15) is 0 Å². The van der Waals surface area contributed by atoms with Crippen molar-refractivity contribution in [2.75, 3.05) is 0 Å². The fourth-order valence-corrected chi connectivity index (χ4v) is 2.91. The van der Waals surface area contributed by atoms with Crippen molar-refractivity contribution < 1.29 is 5.11 Å². The van der Waals surface area contributed by atoms with Gasteiger partial charge in [0.2, 0.25) is 0 Å². The van der Waals surface area contributed by atoms with Crippen molar-refractivity contribution in [3.05, 3.63) is 83.4 Å². The van der Waals surface area contributed by atoms with Gasteiger partial charge in [-0.05, 0) is 66.3 Å². The molecule has 0 aliphatic rings. The van der Waals surface area contributed by atoms with E-state index < -0.39 is 6.10 Å². The molecule has 0 heterocycles. The highest BCUT2D eigenvalue weighted by atomic mass is 16.3. The second-order valence-electron chi connectivity index (χ2n) is 6.50. The largest absolute Gasteiger partial charge is 0.388 e. The Bertz CT molecular complexity index is 750.